The first kappa shape index (κ1) is 14.7. The minimum atomic E-state index is -3.78. The summed E-state index contributed by atoms with van der Waals surface area (Å²) >= 11 is 0. The summed E-state index contributed by atoms with van der Waals surface area (Å²) in [6, 6.07) is 5.10. The van der Waals surface area contributed by atoms with Gasteiger partial charge >= 0.3 is 11.9 Å². The van der Waals surface area contributed by atoms with Crippen LogP contribution in [-0.4, -0.2) is 25.5 Å². The first-order valence-electron chi connectivity index (χ1n) is 4.80. The average Bonchev–Trinajstić information content (AvgIpc) is 2.33. The molecule has 0 unspecified atom stereocenters. The Morgan fingerprint density at radius 2 is 1.79 bits per heavy atom. The van der Waals surface area contributed by atoms with Crippen molar-refractivity contribution in [2.24, 2.45) is 5.14 Å². The van der Waals surface area contributed by atoms with Gasteiger partial charge in [0.25, 0.3) is 0 Å². The third-order valence-corrected chi connectivity index (χ3v) is 2.74. The maximum absolute atomic E-state index is 11.0. The summed E-state index contributed by atoms with van der Waals surface area (Å²) in [5, 5.41) is 13.2. The summed E-state index contributed by atoms with van der Waals surface area (Å²) in [4.78, 5) is 25.5. The number of carboxylic acid groups (broad SMARTS) is 1. The molecular formula is C10H10N2O6S. The quantitative estimate of drug-likeness (QED) is 0.505. The van der Waals surface area contributed by atoms with Crippen LogP contribution in [0.15, 0.2) is 41.3 Å². The van der Waals surface area contributed by atoms with E-state index in [-0.39, 0.29) is 4.90 Å². The standard InChI is InChI=1S/C10H10N2O6S/c11-19(16,17)8-3-1-7(2-4-8)12-18-10(15)6-5-9(13)14/h1-6,12H,(H,13,14)(H2,11,16,17)/b6-5-. The Balaban J connectivity index is 2.60. The molecule has 0 aliphatic heterocycles. The maximum Gasteiger partial charge on any atom is 0.355 e. The van der Waals surface area contributed by atoms with E-state index in [1.807, 2.05) is 0 Å². The van der Waals surface area contributed by atoms with Crippen LogP contribution in [0, 0.1) is 0 Å². The molecule has 0 saturated heterocycles. The van der Waals surface area contributed by atoms with E-state index < -0.39 is 22.0 Å². The van der Waals surface area contributed by atoms with E-state index in [9.17, 15) is 18.0 Å². The normalized spacial score (nSPS) is 11.2. The van der Waals surface area contributed by atoms with Gasteiger partial charge in [0, 0.05) is 12.2 Å². The highest BCUT2D eigenvalue weighted by Crippen LogP contribution is 2.12. The minimum absolute atomic E-state index is 0.0878. The number of rotatable bonds is 5. The van der Waals surface area contributed by atoms with Gasteiger partial charge in [-0.05, 0) is 24.3 Å². The van der Waals surface area contributed by atoms with Crippen LogP contribution in [0.5, 0.6) is 0 Å². The van der Waals surface area contributed by atoms with E-state index >= 15 is 0 Å². The van der Waals surface area contributed by atoms with Crippen molar-refractivity contribution in [1.29, 1.82) is 0 Å². The van der Waals surface area contributed by atoms with Gasteiger partial charge < -0.3 is 9.94 Å². The van der Waals surface area contributed by atoms with Crippen LogP contribution < -0.4 is 10.6 Å². The van der Waals surface area contributed by atoms with Crippen molar-refractivity contribution in [3.05, 3.63) is 36.4 Å². The van der Waals surface area contributed by atoms with Gasteiger partial charge in [0.05, 0.1) is 10.6 Å². The van der Waals surface area contributed by atoms with E-state index in [1.54, 1.807) is 0 Å². The van der Waals surface area contributed by atoms with Crippen molar-refractivity contribution in [1.82, 2.24) is 0 Å². The highest BCUT2D eigenvalue weighted by Gasteiger charge is 2.07. The monoisotopic (exact) mass is 286 g/mol. The molecule has 0 aromatic heterocycles. The maximum atomic E-state index is 11.0. The first-order valence-corrected chi connectivity index (χ1v) is 6.34. The molecule has 1 aromatic rings. The number of nitrogens with two attached hydrogens (primary N) is 1. The second-order valence-electron chi connectivity index (χ2n) is 3.26. The van der Waals surface area contributed by atoms with E-state index in [1.165, 1.54) is 24.3 Å². The Bertz CT molecular complexity index is 605. The molecule has 0 radical (unpaired) electrons. The molecule has 0 heterocycles. The summed E-state index contributed by atoms with van der Waals surface area (Å²) < 4.78 is 21.9. The summed E-state index contributed by atoms with van der Waals surface area (Å²) in [6.07, 6.45) is 1.34. The minimum Gasteiger partial charge on any atom is -0.478 e. The molecule has 0 amide bonds. The van der Waals surface area contributed by atoms with Crippen LogP contribution in [-0.2, 0) is 24.4 Å². The summed E-state index contributed by atoms with van der Waals surface area (Å²) in [6.45, 7) is 0. The zero-order valence-corrected chi connectivity index (χ0v) is 10.3. The number of sulfonamides is 1. The van der Waals surface area contributed by atoms with E-state index in [0.29, 0.717) is 17.8 Å². The molecule has 0 fully saturated rings. The Kier molecular flexibility index (Phi) is 4.62. The average molecular weight is 286 g/mol. The lowest BCUT2D eigenvalue weighted by atomic mass is 10.3. The van der Waals surface area contributed by atoms with Crippen molar-refractivity contribution in [2.75, 3.05) is 5.48 Å². The van der Waals surface area contributed by atoms with Gasteiger partial charge in [-0.15, -0.1) is 0 Å². The third kappa shape index (κ3) is 5.19. The number of benzene rings is 1. The number of hydrogen-bond acceptors (Lipinski definition) is 6. The highest BCUT2D eigenvalue weighted by molar-refractivity contribution is 7.89. The number of aliphatic carboxylic acids is 1. The summed E-state index contributed by atoms with van der Waals surface area (Å²) in [5.41, 5.74) is 2.51. The SMILES string of the molecule is NS(=O)(=O)c1ccc(NOC(=O)/C=C\C(=O)O)cc1. The van der Waals surface area contributed by atoms with E-state index in [4.69, 9.17) is 10.2 Å². The van der Waals surface area contributed by atoms with Gasteiger partial charge in [-0.2, -0.15) is 0 Å². The van der Waals surface area contributed by atoms with Gasteiger partial charge in [0.15, 0.2) is 0 Å². The molecule has 19 heavy (non-hydrogen) atoms. The van der Waals surface area contributed by atoms with Crippen molar-refractivity contribution < 1.29 is 28.0 Å². The molecule has 1 rings (SSSR count). The molecule has 4 N–H and O–H groups in total. The highest BCUT2D eigenvalue weighted by atomic mass is 32.2. The van der Waals surface area contributed by atoms with Gasteiger partial charge in [0.2, 0.25) is 10.0 Å². The van der Waals surface area contributed by atoms with Gasteiger partial charge in [-0.25, -0.2) is 28.6 Å². The largest absolute Gasteiger partial charge is 0.478 e. The second-order valence-corrected chi connectivity index (χ2v) is 4.83. The van der Waals surface area contributed by atoms with Gasteiger partial charge in [-0.1, -0.05) is 0 Å². The molecule has 0 aliphatic carbocycles. The lowest BCUT2D eigenvalue weighted by molar-refractivity contribution is -0.136. The predicted octanol–water partition coefficient (Wildman–Crippen LogP) is -0.155. The molecule has 0 saturated carbocycles. The number of hydrogen-bond donors (Lipinski definition) is 3. The fraction of sp³-hybridized carbons (Fsp3) is 0. The van der Waals surface area contributed by atoms with Crippen molar-refractivity contribution >= 4 is 27.6 Å². The topological polar surface area (TPSA) is 136 Å². The van der Waals surface area contributed by atoms with Crippen LogP contribution in [0.3, 0.4) is 0 Å². The Labute approximate surface area is 108 Å². The lowest BCUT2D eigenvalue weighted by Crippen LogP contribution is -2.12. The number of anilines is 1. The Morgan fingerprint density at radius 1 is 1.21 bits per heavy atom. The Morgan fingerprint density at radius 3 is 2.26 bits per heavy atom. The summed E-state index contributed by atoms with van der Waals surface area (Å²) in [7, 11) is -3.78. The van der Waals surface area contributed by atoms with Crippen LogP contribution in [0.25, 0.3) is 0 Å². The van der Waals surface area contributed by atoms with E-state index in [0.717, 1.165) is 0 Å². The second kappa shape index (κ2) is 5.98. The molecule has 9 heteroatoms. The molecule has 0 spiro atoms. The molecule has 0 bridgehead atoms. The molecule has 8 nitrogen and oxygen atoms in total. The summed E-state index contributed by atoms with van der Waals surface area (Å²) in [5.74, 6) is -2.20. The number of primary sulfonamides is 1. The van der Waals surface area contributed by atoms with E-state index in [2.05, 4.69) is 10.3 Å². The number of carbonyl (C=O) groups excluding carboxylic acids is 1. The zero-order valence-electron chi connectivity index (χ0n) is 9.44. The Hall–Kier alpha value is -2.39. The lowest BCUT2D eigenvalue weighted by Gasteiger charge is -2.05. The van der Waals surface area contributed by atoms with Gasteiger partial charge in [-0.3, -0.25) is 0 Å². The number of carboxylic acids is 1. The smallest absolute Gasteiger partial charge is 0.355 e. The zero-order chi connectivity index (χ0) is 14.5. The van der Waals surface area contributed by atoms with Gasteiger partial charge in [0.1, 0.15) is 0 Å². The van der Waals surface area contributed by atoms with Crippen LogP contribution >= 0.6 is 0 Å². The van der Waals surface area contributed by atoms with Crippen molar-refractivity contribution in [3.8, 4) is 0 Å². The van der Waals surface area contributed by atoms with Crippen LogP contribution in [0.1, 0.15) is 0 Å². The van der Waals surface area contributed by atoms with Crippen LogP contribution in [0.2, 0.25) is 0 Å². The number of carbonyl (C=O) groups is 2. The fourth-order valence-electron chi connectivity index (χ4n) is 0.995. The number of nitrogens with one attached hydrogen (secondary N) is 1. The molecule has 0 atom stereocenters. The van der Waals surface area contributed by atoms with Crippen molar-refractivity contribution in [3.63, 3.8) is 0 Å². The predicted molar refractivity (Wildman–Crippen MR) is 64.3 cm³/mol. The molecule has 0 aliphatic rings. The van der Waals surface area contributed by atoms with Crippen molar-refractivity contribution in [2.45, 2.75) is 4.90 Å². The van der Waals surface area contributed by atoms with Crippen LogP contribution in [0.4, 0.5) is 5.69 Å². The molecular weight excluding hydrogens is 276 g/mol. The third-order valence-electron chi connectivity index (χ3n) is 1.81. The fourth-order valence-corrected chi connectivity index (χ4v) is 1.51. The molecule has 102 valence electrons. The molecule has 1 aromatic carbocycles. The first-order chi connectivity index (χ1) is 8.79.